The van der Waals surface area contributed by atoms with Gasteiger partial charge in [0.2, 0.25) is 14.8 Å². The van der Waals surface area contributed by atoms with E-state index in [0.717, 1.165) is 23.2 Å². The van der Waals surface area contributed by atoms with E-state index in [1.54, 1.807) is 39.7 Å². The van der Waals surface area contributed by atoms with Gasteiger partial charge >= 0.3 is 0 Å². The summed E-state index contributed by atoms with van der Waals surface area (Å²) in [6.45, 7) is 5.81. The van der Waals surface area contributed by atoms with Crippen molar-refractivity contribution in [3.05, 3.63) is 137 Å². The molecule has 2 aliphatic rings. The Morgan fingerprint density at radius 2 is 1.69 bits per heavy atom. The summed E-state index contributed by atoms with van der Waals surface area (Å²) in [6.07, 6.45) is 2.43. The van der Waals surface area contributed by atoms with Gasteiger partial charge in [-0.15, -0.1) is 5.10 Å². The third-order valence-corrected chi connectivity index (χ3v) is 13.3. The largest absolute Gasteiger partial charge is 0.395 e. The summed E-state index contributed by atoms with van der Waals surface area (Å²) >= 11 is 6.57. The molecule has 0 bridgehead atoms. The Kier molecular flexibility index (Phi) is 9.88. The molecule has 0 saturated carbocycles. The molecule has 1 spiro atoms. The molecule has 1 fully saturated rings. The number of amides is 2. The third kappa shape index (κ3) is 6.47. The first-order valence-corrected chi connectivity index (χ1v) is 20.8. The van der Waals surface area contributed by atoms with E-state index in [1.165, 1.54) is 0 Å². The van der Waals surface area contributed by atoms with Gasteiger partial charge in [-0.05, 0) is 73.1 Å². The third-order valence-electron chi connectivity index (χ3n) is 10.6. The number of nitrogens with zero attached hydrogens (tertiary/aromatic N) is 5. The van der Waals surface area contributed by atoms with Crippen LogP contribution in [0.5, 0.6) is 0 Å². The van der Waals surface area contributed by atoms with Gasteiger partial charge in [-0.2, -0.15) is 0 Å². The fourth-order valence-electron chi connectivity index (χ4n) is 8.15. The predicted molar refractivity (Wildman–Crippen MR) is 202 cm³/mol. The van der Waals surface area contributed by atoms with E-state index in [4.69, 9.17) is 16.3 Å². The molecule has 52 heavy (non-hydrogen) atoms. The Balaban J connectivity index is 1.15. The van der Waals surface area contributed by atoms with E-state index >= 15 is 4.11 Å². The molecule has 4 aromatic carbocycles. The number of aromatic nitrogens is 3. The molecule has 0 radical (unpaired) electrons. The number of carbonyl (C=O) groups excluding carboxylic acids is 2. The van der Waals surface area contributed by atoms with E-state index in [1.807, 2.05) is 104 Å². The van der Waals surface area contributed by atoms with Crippen LogP contribution in [0.25, 0.3) is 0 Å². The summed E-state index contributed by atoms with van der Waals surface area (Å²) < 4.78 is 25.0. The summed E-state index contributed by atoms with van der Waals surface area (Å²) in [4.78, 5) is 30.1. The number of aliphatic hydroxyl groups excluding tert-OH is 1. The molecule has 1 unspecified atom stereocenters. The standard InChI is InChI=1S/C40H41ClFN5O4Si/c1-27-38(52(2,3)42)37(20-21-45-24-35(43-44-45)33(25-48)29-10-6-4-7-11-29)51-40(27)34-22-30(41)16-19-36(34)46(39(40)50)23-28-14-17-32(18-15-28)47(26-49)31-12-8-5-9-13-31/h4-19,22,24,26-27,33,37-38,48H,20-21,23,25H2,1-3H3/t27-,33?,37+,38-,40+/m1/s1. The van der Waals surface area contributed by atoms with E-state index in [9.17, 15) is 14.7 Å². The number of hydrogen-bond acceptors (Lipinski definition) is 6. The molecular formula is C40H41ClFN5O4Si. The van der Waals surface area contributed by atoms with Crippen LogP contribution < -0.4 is 9.80 Å². The van der Waals surface area contributed by atoms with Crippen LogP contribution in [0.2, 0.25) is 23.7 Å². The van der Waals surface area contributed by atoms with Gasteiger partial charge in [-0.25, -0.2) is 0 Å². The zero-order valence-electron chi connectivity index (χ0n) is 29.3. The quantitative estimate of drug-likeness (QED) is 0.0799. The highest BCUT2D eigenvalue weighted by Gasteiger charge is 2.66. The van der Waals surface area contributed by atoms with E-state index in [0.29, 0.717) is 40.6 Å². The fraction of sp³-hybridized carbons (Fsp3) is 0.300. The molecular weight excluding hydrogens is 697 g/mol. The maximum absolute atomic E-state index is 16.4. The van der Waals surface area contributed by atoms with Gasteiger partial charge in [0, 0.05) is 46.2 Å². The number of anilines is 3. The number of fused-ring (bicyclic) bond motifs is 2. The van der Waals surface area contributed by atoms with Gasteiger partial charge in [-0.1, -0.05) is 84.4 Å². The monoisotopic (exact) mass is 737 g/mol. The second-order valence-corrected chi connectivity index (χ2v) is 18.4. The van der Waals surface area contributed by atoms with Crippen molar-refractivity contribution in [3.8, 4) is 0 Å². The summed E-state index contributed by atoms with van der Waals surface area (Å²) in [7, 11) is -3.39. The summed E-state index contributed by atoms with van der Waals surface area (Å²) in [5.41, 5.74) is 3.28. The van der Waals surface area contributed by atoms with E-state index in [2.05, 4.69) is 10.3 Å². The number of para-hydroxylation sites is 1. The first-order chi connectivity index (χ1) is 25.0. The molecule has 268 valence electrons. The lowest BCUT2D eigenvalue weighted by Crippen LogP contribution is -2.45. The zero-order valence-corrected chi connectivity index (χ0v) is 31.0. The van der Waals surface area contributed by atoms with Gasteiger partial charge in [0.1, 0.15) is 0 Å². The average molecular weight is 738 g/mol. The highest BCUT2D eigenvalue weighted by atomic mass is 35.5. The molecule has 2 amide bonds. The number of hydrogen-bond donors (Lipinski definition) is 1. The molecule has 1 N–H and O–H groups in total. The lowest BCUT2D eigenvalue weighted by molar-refractivity contribution is -0.146. The summed E-state index contributed by atoms with van der Waals surface area (Å²) in [6, 6.07) is 31.9. The number of aliphatic hydroxyl groups is 1. The Hall–Kier alpha value is -4.68. The van der Waals surface area contributed by atoms with Crippen LogP contribution in [0.4, 0.5) is 21.2 Å². The molecule has 7 rings (SSSR count). The first-order valence-electron chi connectivity index (χ1n) is 17.5. The minimum Gasteiger partial charge on any atom is -0.395 e. The van der Waals surface area contributed by atoms with Crippen LogP contribution in [-0.2, 0) is 33.0 Å². The number of carbonyl (C=O) groups is 2. The van der Waals surface area contributed by atoms with Gasteiger partial charge in [0.05, 0.1) is 36.6 Å². The highest BCUT2D eigenvalue weighted by molar-refractivity contribution is 6.72. The zero-order chi connectivity index (χ0) is 36.6. The predicted octanol–water partition coefficient (Wildman–Crippen LogP) is 7.76. The molecule has 1 aromatic heterocycles. The Labute approximate surface area is 308 Å². The molecule has 5 aromatic rings. The SMILES string of the molecule is C[C@@H]1[C@@H]([Si](C)(C)F)[C@H](CCn2cc(C(CO)c3ccccc3)nn2)O[C@@]12C(=O)N(Cc1ccc(N(C=O)c3ccccc3)cc1)c1ccc(Cl)cc12. The summed E-state index contributed by atoms with van der Waals surface area (Å²) in [5, 5.41) is 19.3. The van der Waals surface area contributed by atoms with Gasteiger partial charge in [-0.3, -0.25) is 19.2 Å². The second-order valence-electron chi connectivity index (χ2n) is 14.1. The van der Waals surface area contributed by atoms with Crippen LogP contribution in [0, 0.1) is 5.92 Å². The molecule has 2 aliphatic heterocycles. The van der Waals surface area contributed by atoms with Crippen LogP contribution in [0.1, 0.15) is 41.6 Å². The maximum Gasteiger partial charge on any atom is 0.264 e. The van der Waals surface area contributed by atoms with Crippen molar-refractivity contribution in [2.24, 2.45) is 5.92 Å². The van der Waals surface area contributed by atoms with Crippen LogP contribution in [0.3, 0.4) is 0 Å². The van der Waals surface area contributed by atoms with Gasteiger partial charge < -0.3 is 18.9 Å². The summed E-state index contributed by atoms with van der Waals surface area (Å²) in [5.74, 6) is -1.04. The maximum atomic E-state index is 16.4. The topological polar surface area (TPSA) is 101 Å². The van der Waals surface area contributed by atoms with Crippen LogP contribution in [0.15, 0.2) is 109 Å². The fourth-order valence-corrected chi connectivity index (χ4v) is 10.9. The van der Waals surface area contributed by atoms with Crippen molar-refractivity contribution in [1.82, 2.24) is 15.0 Å². The van der Waals surface area contributed by atoms with E-state index < -0.39 is 31.6 Å². The highest BCUT2D eigenvalue weighted by Crippen LogP contribution is 2.60. The average Bonchev–Trinajstić information content (AvgIpc) is 3.80. The van der Waals surface area contributed by atoms with Crippen molar-refractivity contribution in [1.29, 1.82) is 0 Å². The molecule has 3 heterocycles. The molecule has 1 saturated heterocycles. The second kappa shape index (κ2) is 14.4. The number of benzene rings is 4. The van der Waals surface area contributed by atoms with Crippen molar-refractivity contribution in [2.75, 3.05) is 16.4 Å². The Bertz CT molecular complexity index is 2040. The Morgan fingerprint density at radius 1 is 1.02 bits per heavy atom. The normalized spacial score (nSPS) is 21.8. The first kappa shape index (κ1) is 35.7. The number of halogens is 2. The van der Waals surface area contributed by atoms with Crippen molar-refractivity contribution < 1.29 is 23.5 Å². The molecule has 9 nitrogen and oxygen atoms in total. The van der Waals surface area contributed by atoms with Gasteiger partial charge in [0.25, 0.3) is 5.91 Å². The van der Waals surface area contributed by atoms with Crippen LogP contribution >= 0.6 is 11.6 Å². The van der Waals surface area contributed by atoms with Gasteiger partial charge in [0.15, 0.2) is 5.60 Å². The minimum atomic E-state index is -3.39. The molecule has 5 atom stereocenters. The van der Waals surface area contributed by atoms with Crippen molar-refractivity contribution in [3.63, 3.8) is 0 Å². The number of aryl methyl sites for hydroxylation is 1. The van der Waals surface area contributed by atoms with Crippen molar-refractivity contribution in [2.45, 2.75) is 62.7 Å². The molecule has 0 aliphatic carbocycles. The van der Waals surface area contributed by atoms with Crippen molar-refractivity contribution >= 4 is 49.4 Å². The lowest BCUT2D eigenvalue weighted by Gasteiger charge is -2.31. The minimum absolute atomic E-state index is 0.117. The lowest BCUT2D eigenvalue weighted by atomic mass is 9.82. The van der Waals surface area contributed by atoms with E-state index in [-0.39, 0.29) is 25.0 Å². The van der Waals surface area contributed by atoms with Crippen LogP contribution in [-0.4, -0.2) is 53.5 Å². The number of rotatable bonds is 12. The molecule has 12 heteroatoms. The smallest absolute Gasteiger partial charge is 0.264 e. The number of ether oxygens (including phenoxy) is 1. The Morgan fingerprint density at radius 3 is 2.35 bits per heavy atom.